The van der Waals surface area contributed by atoms with Crippen molar-refractivity contribution in [2.75, 3.05) is 0 Å². The minimum absolute atomic E-state index is 0.0295. The molecule has 0 aliphatic carbocycles. The highest BCUT2D eigenvalue weighted by molar-refractivity contribution is 6.00. The first-order valence-electron chi connectivity index (χ1n) is 8.35. The number of rotatable bonds is 4. The molecular weight excluding hydrogens is 393 g/mol. The molecule has 3 atom stereocenters. The van der Waals surface area contributed by atoms with Crippen molar-refractivity contribution in [1.29, 1.82) is 0 Å². The molecule has 3 rings (SSSR count). The first-order chi connectivity index (χ1) is 13.5. The Morgan fingerprint density at radius 1 is 0.966 bits per heavy atom. The van der Waals surface area contributed by atoms with E-state index in [9.17, 15) is 32.7 Å². The van der Waals surface area contributed by atoms with E-state index in [0.717, 1.165) is 12.1 Å². The number of aromatic carboxylic acids is 1. The van der Waals surface area contributed by atoms with Gasteiger partial charge in [0.2, 0.25) is 5.72 Å². The number of carboxylic acid groups (broad SMARTS) is 1. The molecule has 1 aliphatic heterocycles. The zero-order chi connectivity index (χ0) is 21.4. The summed E-state index contributed by atoms with van der Waals surface area (Å²) in [7, 11) is 0. The maximum atomic E-state index is 13.8. The second-order valence-electron chi connectivity index (χ2n) is 6.48. The molecule has 0 radical (unpaired) electrons. The molecule has 1 fully saturated rings. The lowest BCUT2D eigenvalue weighted by atomic mass is 9.77. The van der Waals surface area contributed by atoms with Crippen LogP contribution >= 0.6 is 0 Å². The Hall–Kier alpha value is -3.40. The number of carboxylic acids is 1. The number of amides is 2. The smallest absolute Gasteiger partial charge is 0.437 e. The predicted octanol–water partition coefficient (Wildman–Crippen LogP) is 2.49. The molecule has 2 amide bonds. The van der Waals surface area contributed by atoms with E-state index in [-0.39, 0.29) is 16.7 Å². The van der Waals surface area contributed by atoms with Gasteiger partial charge in [-0.05, 0) is 17.7 Å². The van der Waals surface area contributed by atoms with Gasteiger partial charge in [0.1, 0.15) is 5.92 Å². The Morgan fingerprint density at radius 2 is 1.55 bits per heavy atom. The maximum Gasteiger partial charge on any atom is 0.437 e. The summed E-state index contributed by atoms with van der Waals surface area (Å²) in [6.45, 7) is 0. The molecule has 0 bridgehead atoms. The standard InChI is InChI=1S/C19H15F3N2O5/c20-19(21,22)18(29)13(15(25)11-4-2-1-3-5-11)14(23-17(28)24-18)10-6-8-12(9-7-10)16(26)27/h1-9,13-14,29H,(H,26,27)(H2,23,24,28)/t13-,14-,18-/m0/s1. The topological polar surface area (TPSA) is 116 Å². The van der Waals surface area contributed by atoms with Gasteiger partial charge in [0.15, 0.2) is 5.78 Å². The summed E-state index contributed by atoms with van der Waals surface area (Å²) in [5.41, 5.74) is -4.03. The fourth-order valence-corrected chi connectivity index (χ4v) is 3.23. The largest absolute Gasteiger partial charge is 0.478 e. The molecule has 4 N–H and O–H groups in total. The van der Waals surface area contributed by atoms with Crippen molar-refractivity contribution in [3.8, 4) is 0 Å². The second kappa shape index (κ2) is 7.21. The van der Waals surface area contributed by atoms with E-state index in [4.69, 9.17) is 5.11 Å². The maximum absolute atomic E-state index is 13.8. The number of ketones is 1. The quantitative estimate of drug-likeness (QED) is 0.580. The van der Waals surface area contributed by atoms with Gasteiger partial charge in [-0.1, -0.05) is 42.5 Å². The van der Waals surface area contributed by atoms with Crippen molar-refractivity contribution >= 4 is 17.8 Å². The molecule has 0 unspecified atom stereocenters. The summed E-state index contributed by atoms with van der Waals surface area (Å²) in [5, 5.41) is 23.1. The van der Waals surface area contributed by atoms with Gasteiger partial charge in [-0.15, -0.1) is 0 Å². The van der Waals surface area contributed by atoms with Gasteiger partial charge in [0.25, 0.3) is 0 Å². The van der Waals surface area contributed by atoms with E-state index in [1.54, 1.807) is 6.07 Å². The number of urea groups is 1. The molecule has 152 valence electrons. The highest BCUT2D eigenvalue weighted by Crippen LogP contribution is 2.43. The zero-order valence-corrected chi connectivity index (χ0v) is 14.6. The summed E-state index contributed by atoms with van der Waals surface area (Å²) >= 11 is 0. The summed E-state index contributed by atoms with van der Waals surface area (Å²) in [6, 6.07) is 8.78. The van der Waals surface area contributed by atoms with Gasteiger partial charge < -0.3 is 20.8 Å². The molecule has 0 aromatic heterocycles. The number of benzene rings is 2. The Bertz CT molecular complexity index is 947. The van der Waals surface area contributed by atoms with Gasteiger partial charge in [-0.3, -0.25) is 4.79 Å². The highest BCUT2D eigenvalue weighted by Gasteiger charge is 2.66. The monoisotopic (exact) mass is 408 g/mol. The minimum Gasteiger partial charge on any atom is -0.478 e. The first kappa shape index (κ1) is 20.3. The van der Waals surface area contributed by atoms with Gasteiger partial charge in [-0.2, -0.15) is 13.2 Å². The number of halogens is 3. The molecule has 1 heterocycles. The van der Waals surface area contributed by atoms with Crippen LogP contribution in [-0.2, 0) is 0 Å². The molecule has 1 saturated heterocycles. The molecule has 10 heteroatoms. The number of hydrogen-bond donors (Lipinski definition) is 4. The average molecular weight is 408 g/mol. The van der Waals surface area contributed by atoms with Gasteiger partial charge in [0.05, 0.1) is 11.6 Å². The average Bonchev–Trinajstić information content (AvgIpc) is 2.67. The number of nitrogens with one attached hydrogen (secondary N) is 2. The van der Waals surface area contributed by atoms with Crippen LogP contribution in [0.1, 0.15) is 32.3 Å². The molecule has 0 spiro atoms. The van der Waals surface area contributed by atoms with E-state index in [0.29, 0.717) is 0 Å². The van der Waals surface area contributed by atoms with E-state index in [2.05, 4.69) is 5.32 Å². The molecule has 29 heavy (non-hydrogen) atoms. The van der Waals surface area contributed by atoms with E-state index < -0.39 is 41.6 Å². The summed E-state index contributed by atoms with van der Waals surface area (Å²) in [5.74, 6) is -4.47. The first-order valence-corrected chi connectivity index (χ1v) is 8.35. The zero-order valence-electron chi connectivity index (χ0n) is 14.6. The fourth-order valence-electron chi connectivity index (χ4n) is 3.23. The molecule has 2 aromatic carbocycles. The normalized spacial score (nSPS) is 24.3. The molecule has 7 nitrogen and oxygen atoms in total. The number of hydrogen-bond acceptors (Lipinski definition) is 4. The highest BCUT2D eigenvalue weighted by atomic mass is 19.4. The van der Waals surface area contributed by atoms with Crippen molar-refractivity contribution < 1.29 is 37.8 Å². The molecule has 0 saturated carbocycles. The Labute approximate surface area is 162 Å². The number of aliphatic hydroxyl groups is 1. The third-order valence-corrected chi connectivity index (χ3v) is 4.66. The van der Waals surface area contributed by atoms with Crippen LogP contribution in [0.5, 0.6) is 0 Å². The lowest BCUT2D eigenvalue weighted by molar-refractivity contribution is -0.287. The number of carbonyl (C=O) groups excluding carboxylic acids is 2. The Kier molecular flexibility index (Phi) is 5.05. The van der Waals surface area contributed by atoms with E-state index in [1.165, 1.54) is 41.7 Å². The molecular formula is C19H15F3N2O5. The Morgan fingerprint density at radius 3 is 2.07 bits per heavy atom. The summed E-state index contributed by atoms with van der Waals surface area (Å²) in [4.78, 5) is 35.9. The van der Waals surface area contributed by atoms with Crippen LogP contribution in [0.3, 0.4) is 0 Å². The lowest BCUT2D eigenvalue weighted by Gasteiger charge is -2.45. The number of Topliss-reactive ketones (excluding diaryl/α,β-unsaturated/α-hetero) is 1. The van der Waals surface area contributed by atoms with Crippen LogP contribution in [-0.4, -0.2) is 39.9 Å². The molecule has 2 aromatic rings. The Balaban J connectivity index is 2.14. The summed E-state index contributed by atoms with van der Waals surface area (Å²) in [6.07, 6.45) is -5.36. The van der Waals surface area contributed by atoms with Crippen molar-refractivity contribution in [2.45, 2.75) is 17.9 Å². The van der Waals surface area contributed by atoms with Crippen LogP contribution in [0.15, 0.2) is 54.6 Å². The van der Waals surface area contributed by atoms with Gasteiger partial charge in [-0.25, -0.2) is 9.59 Å². The van der Waals surface area contributed by atoms with Crippen molar-refractivity contribution in [3.63, 3.8) is 0 Å². The SMILES string of the molecule is O=C1N[C@@H](c2ccc(C(=O)O)cc2)[C@@H](C(=O)c2ccccc2)[C@](O)(C(F)(F)F)N1. The van der Waals surface area contributed by atoms with Crippen LogP contribution in [0, 0.1) is 5.92 Å². The van der Waals surface area contributed by atoms with Crippen LogP contribution < -0.4 is 10.6 Å². The summed E-state index contributed by atoms with van der Waals surface area (Å²) < 4.78 is 41.3. The van der Waals surface area contributed by atoms with Gasteiger partial charge >= 0.3 is 18.2 Å². The third kappa shape index (κ3) is 3.66. The van der Waals surface area contributed by atoms with Crippen LogP contribution in [0.25, 0.3) is 0 Å². The number of carbonyl (C=O) groups is 3. The van der Waals surface area contributed by atoms with Crippen LogP contribution in [0.2, 0.25) is 0 Å². The lowest BCUT2D eigenvalue weighted by Crippen LogP contribution is -2.72. The second-order valence-corrected chi connectivity index (χ2v) is 6.48. The van der Waals surface area contributed by atoms with Crippen molar-refractivity contribution in [2.24, 2.45) is 5.92 Å². The van der Waals surface area contributed by atoms with Crippen molar-refractivity contribution in [1.82, 2.24) is 10.6 Å². The third-order valence-electron chi connectivity index (χ3n) is 4.66. The molecule has 1 aliphatic rings. The number of alkyl halides is 3. The van der Waals surface area contributed by atoms with E-state index in [1.807, 2.05) is 0 Å². The predicted molar refractivity (Wildman–Crippen MR) is 93.1 cm³/mol. The van der Waals surface area contributed by atoms with E-state index >= 15 is 0 Å². The van der Waals surface area contributed by atoms with Crippen LogP contribution in [0.4, 0.5) is 18.0 Å². The van der Waals surface area contributed by atoms with Crippen molar-refractivity contribution in [3.05, 3.63) is 71.3 Å². The van der Waals surface area contributed by atoms with Gasteiger partial charge in [0, 0.05) is 5.56 Å². The fraction of sp³-hybridized carbons (Fsp3) is 0.211. The minimum atomic E-state index is -5.36.